The Hall–Kier alpha value is -2.23. The minimum Gasteiger partial charge on any atom is -0.492 e. The predicted octanol–water partition coefficient (Wildman–Crippen LogP) is 3.29. The molecule has 2 aromatic carbocycles. The molecule has 0 unspecified atom stereocenters. The van der Waals surface area contributed by atoms with Crippen LogP contribution in [0.3, 0.4) is 0 Å². The first kappa shape index (κ1) is 22.1. The molecule has 0 saturated carbocycles. The third-order valence-corrected chi connectivity index (χ3v) is 5.32. The van der Waals surface area contributed by atoms with Crippen LogP contribution in [0.4, 0.5) is 14.5 Å². The molecular weight excluding hydrogens is 414 g/mol. The van der Waals surface area contributed by atoms with E-state index in [4.69, 9.17) is 16.3 Å². The number of ether oxygens (including phenoxy) is 1. The van der Waals surface area contributed by atoms with Gasteiger partial charge in [-0.1, -0.05) is 11.6 Å². The number of carbonyl (C=O) groups excluding carboxylic acids is 1. The average molecular weight is 433 g/mol. The summed E-state index contributed by atoms with van der Waals surface area (Å²) in [4.78, 5) is 13.3. The van der Waals surface area contributed by atoms with Crippen LogP contribution < -0.4 is 10.1 Å². The van der Waals surface area contributed by atoms with Gasteiger partial charge in [-0.3, -0.25) is 9.69 Å². The average Bonchev–Trinajstić information content (AvgIpc) is 2.63. The molecule has 28 heavy (non-hydrogen) atoms. The molecule has 2 rings (SSSR count). The van der Waals surface area contributed by atoms with Crippen molar-refractivity contribution >= 4 is 33.0 Å². The summed E-state index contributed by atoms with van der Waals surface area (Å²) < 4.78 is 53.3. The number of nitrogens with one attached hydrogen (secondary N) is 1. The second-order valence-corrected chi connectivity index (χ2v) is 8.27. The Morgan fingerprint density at radius 2 is 1.75 bits per heavy atom. The number of hydrogen-bond donors (Lipinski definition) is 1. The number of likely N-dealkylation sites (N-methyl/N-ethyl adjacent to an activating group) is 1. The molecule has 0 atom stereocenters. The molecule has 0 fully saturated rings. The van der Waals surface area contributed by atoms with Crippen LogP contribution in [0.25, 0.3) is 0 Å². The molecule has 0 saturated heterocycles. The minimum absolute atomic E-state index is 0.0705. The van der Waals surface area contributed by atoms with Crippen LogP contribution in [0.15, 0.2) is 53.4 Å². The van der Waals surface area contributed by atoms with E-state index in [2.05, 4.69) is 5.32 Å². The zero-order valence-electron chi connectivity index (χ0n) is 14.9. The lowest BCUT2D eigenvalue weighted by Crippen LogP contribution is -2.33. The Balaban J connectivity index is 1.78. The van der Waals surface area contributed by atoms with E-state index in [-0.39, 0.29) is 12.5 Å². The van der Waals surface area contributed by atoms with E-state index in [1.165, 1.54) is 12.1 Å². The minimum atomic E-state index is -4.65. The third-order valence-electron chi connectivity index (χ3n) is 3.67. The SMILES string of the molecule is CN(CCOc1ccc(Cl)cc1)CC(=O)Nc1ccc(S(=O)(=O)C(F)F)cc1. The Morgan fingerprint density at radius 1 is 1.14 bits per heavy atom. The quantitative estimate of drug-likeness (QED) is 0.658. The van der Waals surface area contributed by atoms with E-state index in [1.54, 1.807) is 36.2 Å². The fourth-order valence-corrected chi connectivity index (χ4v) is 3.05. The maximum Gasteiger partial charge on any atom is 0.341 e. The zero-order valence-corrected chi connectivity index (χ0v) is 16.5. The number of nitrogens with zero attached hydrogens (tertiary/aromatic N) is 1. The van der Waals surface area contributed by atoms with Gasteiger partial charge in [-0.25, -0.2) is 8.42 Å². The molecule has 0 aromatic heterocycles. The summed E-state index contributed by atoms with van der Waals surface area (Å²) in [6.45, 7) is 0.925. The van der Waals surface area contributed by atoms with E-state index < -0.39 is 20.5 Å². The Morgan fingerprint density at radius 3 is 2.32 bits per heavy atom. The van der Waals surface area contributed by atoms with Crippen molar-refractivity contribution in [2.75, 3.05) is 32.1 Å². The van der Waals surface area contributed by atoms with Crippen molar-refractivity contribution in [3.63, 3.8) is 0 Å². The number of amides is 1. The zero-order chi connectivity index (χ0) is 20.7. The summed E-state index contributed by atoms with van der Waals surface area (Å²) in [6, 6.07) is 11.5. The van der Waals surface area contributed by atoms with Gasteiger partial charge in [0.15, 0.2) is 0 Å². The van der Waals surface area contributed by atoms with Crippen molar-refractivity contribution in [3.8, 4) is 5.75 Å². The monoisotopic (exact) mass is 432 g/mol. The summed E-state index contributed by atoms with van der Waals surface area (Å²) in [5, 5.41) is 3.19. The summed E-state index contributed by atoms with van der Waals surface area (Å²) in [6.07, 6.45) is 0. The van der Waals surface area contributed by atoms with Crippen molar-refractivity contribution < 1.29 is 26.7 Å². The topological polar surface area (TPSA) is 75.7 Å². The van der Waals surface area contributed by atoms with Crippen molar-refractivity contribution in [1.82, 2.24) is 4.90 Å². The number of alkyl halides is 2. The molecule has 10 heteroatoms. The van der Waals surface area contributed by atoms with Gasteiger partial charge in [0.25, 0.3) is 0 Å². The summed E-state index contributed by atoms with van der Waals surface area (Å²) in [5.74, 6) is -3.16. The van der Waals surface area contributed by atoms with E-state index in [9.17, 15) is 22.0 Å². The number of halogens is 3. The predicted molar refractivity (Wildman–Crippen MR) is 103 cm³/mol. The van der Waals surface area contributed by atoms with Crippen molar-refractivity contribution in [2.45, 2.75) is 10.7 Å². The normalized spacial score (nSPS) is 11.6. The van der Waals surface area contributed by atoms with Gasteiger partial charge < -0.3 is 10.1 Å². The van der Waals surface area contributed by atoms with Gasteiger partial charge in [0.1, 0.15) is 12.4 Å². The fourth-order valence-electron chi connectivity index (χ4n) is 2.21. The number of hydrogen-bond acceptors (Lipinski definition) is 5. The Labute approximate surface area is 167 Å². The van der Waals surface area contributed by atoms with Crippen LogP contribution >= 0.6 is 11.6 Å². The van der Waals surface area contributed by atoms with Crippen molar-refractivity contribution in [1.29, 1.82) is 0 Å². The molecule has 0 aliphatic rings. The summed E-state index contributed by atoms with van der Waals surface area (Å²) in [5.41, 5.74) is 0.309. The highest BCUT2D eigenvalue weighted by atomic mass is 35.5. The highest BCUT2D eigenvalue weighted by Crippen LogP contribution is 2.20. The second-order valence-electron chi connectivity index (χ2n) is 5.92. The molecule has 1 amide bonds. The number of anilines is 1. The van der Waals surface area contributed by atoms with Gasteiger partial charge in [0.05, 0.1) is 11.4 Å². The van der Waals surface area contributed by atoms with Gasteiger partial charge in [-0.2, -0.15) is 8.78 Å². The van der Waals surface area contributed by atoms with Gasteiger partial charge in [0, 0.05) is 17.3 Å². The van der Waals surface area contributed by atoms with Crippen LogP contribution in [0.1, 0.15) is 0 Å². The third kappa shape index (κ3) is 6.43. The lowest BCUT2D eigenvalue weighted by atomic mass is 10.3. The first-order chi connectivity index (χ1) is 13.2. The lowest BCUT2D eigenvalue weighted by Gasteiger charge is -2.16. The molecule has 152 valence electrons. The number of benzene rings is 2. The van der Waals surface area contributed by atoms with Gasteiger partial charge >= 0.3 is 5.76 Å². The molecule has 6 nitrogen and oxygen atoms in total. The molecule has 0 aliphatic carbocycles. The summed E-state index contributed by atoms with van der Waals surface area (Å²) >= 11 is 5.79. The second kappa shape index (κ2) is 9.81. The van der Waals surface area contributed by atoms with Gasteiger partial charge in [0.2, 0.25) is 15.7 Å². The highest BCUT2D eigenvalue weighted by Gasteiger charge is 2.26. The molecule has 0 spiro atoms. The molecule has 0 bridgehead atoms. The fraction of sp³-hybridized carbons (Fsp3) is 0.278. The van der Waals surface area contributed by atoms with Crippen molar-refractivity contribution in [2.24, 2.45) is 0 Å². The van der Waals surface area contributed by atoms with E-state index in [0.717, 1.165) is 12.1 Å². The summed E-state index contributed by atoms with van der Waals surface area (Å²) in [7, 11) is -2.91. The standard InChI is InChI=1S/C18H19ClF2N2O4S/c1-23(10-11-27-15-6-2-13(19)3-7-15)12-17(24)22-14-4-8-16(9-5-14)28(25,26)18(20)21/h2-9,18H,10-12H2,1H3,(H,22,24). The largest absolute Gasteiger partial charge is 0.492 e. The van der Waals surface area contributed by atoms with Crippen LogP contribution in [0, 0.1) is 0 Å². The lowest BCUT2D eigenvalue weighted by molar-refractivity contribution is -0.117. The molecular formula is C18H19ClF2N2O4S. The first-order valence-corrected chi connectivity index (χ1v) is 10.1. The number of sulfone groups is 1. The highest BCUT2D eigenvalue weighted by molar-refractivity contribution is 7.91. The smallest absolute Gasteiger partial charge is 0.341 e. The van der Waals surface area contributed by atoms with Crippen molar-refractivity contribution in [3.05, 3.63) is 53.6 Å². The molecule has 0 aliphatic heterocycles. The van der Waals surface area contributed by atoms with E-state index in [1.807, 2.05) is 0 Å². The number of carbonyl (C=O) groups is 1. The van der Waals surface area contributed by atoms with E-state index in [0.29, 0.717) is 29.6 Å². The van der Waals surface area contributed by atoms with Gasteiger partial charge in [-0.15, -0.1) is 0 Å². The number of rotatable bonds is 9. The maximum absolute atomic E-state index is 12.5. The molecule has 1 N–H and O–H groups in total. The molecule has 2 aromatic rings. The first-order valence-electron chi connectivity index (χ1n) is 8.17. The molecule has 0 radical (unpaired) electrons. The van der Waals surface area contributed by atoms with Gasteiger partial charge in [-0.05, 0) is 55.6 Å². The van der Waals surface area contributed by atoms with E-state index >= 15 is 0 Å². The Kier molecular flexibility index (Phi) is 7.73. The van der Waals surface area contributed by atoms with Crippen LogP contribution in [0.2, 0.25) is 5.02 Å². The maximum atomic E-state index is 12.5. The van der Waals surface area contributed by atoms with Crippen LogP contribution in [0.5, 0.6) is 5.75 Å². The van der Waals surface area contributed by atoms with Crippen LogP contribution in [-0.2, 0) is 14.6 Å². The van der Waals surface area contributed by atoms with Crippen LogP contribution in [-0.4, -0.2) is 51.7 Å². The Bertz CT molecular complexity index is 891. The molecule has 0 heterocycles.